The number of esters is 1. The Bertz CT molecular complexity index is 515. The molecule has 108 valence electrons. The molecule has 0 aromatic heterocycles. The van der Waals surface area contributed by atoms with Crippen molar-refractivity contribution < 1.29 is 24.2 Å². The van der Waals surface area contributed by atoms with Crippen LogP contribution in [0.3, 0.4) is 0 Å². The van der Waals surface area contributed by atoms with Crippen molar-refractivity contribution in [2.24, 2.45) is 0 Å². The summed E-state index contributed by atoms with van der Waals surface area (Å²) in [6, 6.07) is 5.07. The van der Waals surface area contributed by atoms with Gasteiger partial charge in [-0.25, -0.2) is 4.79 Å². The van der Waals surface area contributed by atoms with Gasteiger partial charge in [0, 0.05) is 18.2 Å². The van der Waals surface area contributed by atoms with E-state index >= 15 is 0 Å². The number of aliphatic hydroxyl groups excluding tert-OH is 1. The molecule has 1 aromatic carbocycles. The summed E-state index contributed by atoms with van der Waals surface area (Å²) in [6.07, 6.45) is 0. The van der Waals surface area contributed by atoms with Crippen LogP contribution in [0.4, 0.5) is 5.69 Å². The molecule has 1 unspecified atom stereocenters. The standard InChI is InChI=1S/C13H16N2O5/c1-8(17)14-10-5-3-4-9(6-10)12(18)15-11(7-16)13(19)20-2/h3-6,11,16H,7H2,1-2H3,(H,14,17)(H,15,18). The van der Waals surface area contributed by atoms with E-state index in [1.165, 1.54) is 19.1 Å². The van der Waals surface area contributed by atoms with Gasteiger partial charge in [0.2, 0.25) is 5.91 Å². The third-order valence-electron chi connectivity index (χ3n) is 2.42. The zero-order valence-electron chi connectivity index (χ0n) is 11.2. The number of hydrogen-bond donors (Lipinski definition) is 3. The highest BCUT2D eigenvalue weighted by Crippen LogP contribution is 2.10. The molecule has 0 radical (unpaired) electrons. The molecular formula is C13H16N2O5. The molecule has 0 aliphatic rings. The molecule has 20 heavy (non-hydrogen) atoms. The lowest BCUT2D eigenvalue weighted by molar-refractivity contribution is -0.143. The van der Waals surface area contributed by atoms with Gasteiger partial charge >= 0.3 is 5.97 Å². The molecule has 0 spiro atoms. The first-order valence-electron chi connectivity index (χ1n) is 5.85. The largest absolute Gasteiger partial charge is 0.467 e. The molecule has 0 saturated carbocycles. The Hall–Kier alpha value is -2.41. The molecule has 1 aromatic rings. The van der Waals surface area contributed by atoms with Crippen LogP contribution in [0.15, 0.2) is 24.3 Å². The van der Waals surface area contributed by atoms with Crippen molar-refractivity contribution in [1.29, 1.82) is 0 Å². The fourth-order valence-corrected chi connectivity index (χ4v) is 1.50. The Labute approximate surface area is 115 Å². The summed E-state index contributed by atoms with van der Waals surface area (Å²) >= 11 is 0. The van der Waals surface area contributed by atoms with Gasteiger partial charge in [0.15, 0.2) is 6.04 Å². The zero-order valence-corrected chi connectivity index (χ0v) is 11.2. The van der Waals surface area contributed by atoms with Crippen LogP contribution in [0.2, 0.25) is 0 Å². The Kier molecular flexibility index (Phi) is 5.67. The highest BCUT2D eigenvalue weighted by molar-refractivity contribution is 5.98. The van der Waals surface area contributed by atoms with Gasteiger partial charge < -0.3 is 20.5 Å². The lowest BCUT2D eigenvalue weighted by atomic mass is 10.1. The Morgan fingerprint density at radius 1 is 1.35 bits per heavy atom. The van der Waals surface area contributed by atoms with Crippen LogP contribution in [-0.2, 0) is 14.3 Å². The lowest BCUT2D eigenvalue weighted by Crippen LogP contribution is -2.44. The summed E-state index contributed by atoms with van der Waals surface area (Å²) in [5, 5.41) is 13.9. The SMILES string of the molecule is COC(=O)C(CO)NC(=O)c1cccc(NC(C)=O)c1. The average molecular weight is 280 g/mol. The summed E-state index contributed by atoms with van der Waals surface area (Å²) in [6.45, 7) is 0.787. The van der Waals surface area contributed by atoms with Crippen LogP contribution < -0.4 is 10.6 Å². The molecule has 0 fully saturated rings. The summed E-state index contributed by atoms with van der Waals surface area (Å²) in [7, 11) is 1.16. The van der Waals surface area contributed by atoms with Crippen LogP contribution in [-0.4, -0.2) is 42.6 Å². The average Bonchev–Trinajstić information content (AvgIpc) is 2.43. The third-order valence-corrected chi connectivity index (χ3v) is 2.42. The predicted molar refractivity (Wildman–Crippen MR) is 71.1 cm³/mol. The number of nitrogens with one attached hydrogen (secondary N) is 2. The van der Waals surface area contributed by atoms with Crippen LogP contribution in [0.1, 0.15) is 17.3 Å². The second-order valence-electron chi connectivity index (χ2n) is 3.99. The Balaban J connectivity index is 2.81. The van der Waals surface area contributed by atoms with Crippen molar-refractivity contribution in [3.05, 3.63) is 29.8 Å². The number of carbonyl (C=O) groups excluding carboxylic acids is 3. The van der Waals surface area contributed by atoms with E-state index in [0.717, 1.165) is 7.11 Å². The van der Waals surface area contributed by atoms with Gasteiger partial charge in [0.25, 0.3) is 5.91 Å². The van der Waals surface area contributed by atoms with Crippen molar-refractivity contribution in [1.82, 2.24) is 5.32 Å². The van der Waals surface area contributed by atoms with E-state index in [-0.39, 0.29) is 11.5 Å². The number of aliphatic hydroxyl groups is 1. The van der Waals surface area contributed by atoms with Gasteiger partial charge in [0.1, 0.15) is 0 Å². The van der Waals surface area contributed by atoms with Crippen LogP contribution in [0, 0.1) is 0 Å². The first kappa shape index (κ1) is 15.6. The maximum absolute atomic E-state index is 11.9. The van der Waals surface area contributed by atoms with Gasteiger partial charge in [-0.15, -0.1) is 0 Å². The number of ether oxygens (including phenoxy) is 1. The topological polar surface area (TPSA) is 105 Å². The number of carbonyl (C=O) groups is 3. The summed E-state index contributed by atoms with van der Waals surface area (Å²) in [4.78, 5) is 34.1. The van der Waals surface area contributed by atoms with Crippen LogP contribution in [0.5, 0.6) is 0 Å². The molecule has 0 aliphatic heterocycles. The van der Waals surface area contributed by atoms with Crippen LogP contribution in [0.25, 0.3) is 0 Å². The predicted octanol–water partition coefficient (Wildman–Crippen LogP) is -0.0913. The first-order chi connectivity index (χ1) is 9.47. The first-order valence-corrected chi connectivity index (χ1v) is 5.85. The van der Waals surface area contributed by atoms with Gasteiger partial charge in [-0.05, 0) is 18.2 Å². The Morgan fingerprint density at radius 3 is 2.60 bits per heavy atom. The van der Waals surface area contributed by atoms with Gasteiger partial charge in [0.05, 0.1) is 13.7 Å². The minimum Gasteiger partial charge on any atom is -0.467 e. The molecule has 1 atom stereocenters. The normalized spacial score (nSPS) is 11.3. The van der Waals surface area contributed by atoms with Crippen molar-refractivity contribution in [3.8, 4) is 0 Å². The molecule has 0 saturated heterocycles. The van der Waals surface area contributed by atoms with Crippen LogP contribution >= 0.6 is 0 Å². The number of rotatable bonds is 5. The molecule has 7 nitrogen and oxygen atoms in total. The van der Waals surface area contributed by atoms with Crippen molar-refractivity contribution in [2.45, 2.75) is 13.0 Å². The second-order valence-corrected chi connectivity index (χ2v) is 3.99. The number of benzene rings is 1. The molecule has 0 heterocycles. The molecule has 2 amide bonds. The summed E-state index contributed by atoms with van der Waals surface area (Å²) in [5.74, 6) is -1.55. The maximum atomic E-state index is 11.9. The quantitative estimate of drug-likeness (QED) is 0.654. The van der Waals surface area contributed by atoms with E-state index in [1.807, 2.05) is 0 Å². The second kappa shape index (κ2) is 7.25. The smallest absolute Gasteiger partial charge is 0.330 e. The lowest BCUT2D eigenvalue weighted by Gasteiger charge is -2.14. The number of amides is 2. The van der Waals surface area contributed by atoms with E-state index < -0.39 is 24.5 Å². The molecule has 7 heteroatoms. The maximum Gasteiger partial charge on any atom is 0.330 e. The van der Waals surface area contributed by atoms with E-state index in [9.17, 15) is 14.4 Å². The summed E-state index contributed by atoms with van der Waals surface area (Å²) < 4.78 is 4.45. The molecular weight excluding hydrogens is 264 g/mol. The highest BCUT2D eigenvalue weighted by atomic mass is 16.5. The molecule has 0 aliphatic carbocycles. The minimum atomic E-state index is -1.13. The van der Waals surface area contributed by atoms with Gasteiger partial charge in [-0.1, -0.05) is 6.07 Å². The van der Waals surface area contributed by atoms with E-state index in [0.29, 0.717) is 5.69 Å². The Morgan fingerprint density at radius 2 is 2.05 bits per heavy atom. The number of methoxy groups -OCH3 is 1. The number of hydrogen-bond acceptors (Lipinski definition) is 5. The van der Waals surface area contributed by atoms with Crippen molar-refractivity contribution in [3.63, 3.8) is 0 Å². The van der Waals surface area contributed by atoms with E-state index in [1.54, 1.807) is 12.1 Å². The van der Waals surface area contributed by atoms with Crippen molar-refractivity contribution >= 4 is 23.5 Å². The van der Waals surface area contributed by atoms with E-state index in [2.05, 4.69) is 15.4 Å². The third kappa shape index (κ3) is 4.36. The fourth-order valence-electron chi connectivity index (χ4n) is 1.50. The molecule has 3 N–H and O–H groups in total. The summed E-state index contributed by atoms with van der Waals surface area (Å²) in [5.41, 5.74) is 0.711. The number of anilines is 1. The highest BCUT2D eigenvalue weighted by Gasteiger charge is 2.21. The van der Waals surface area contributed by atoms with E-state index in [4.69, 9.17) is 5.11 Å². The van der Waals surface area contributed by atoms with Gasteiger partial charge in [-0.3, -0.25) is 9.59 Å². The minimum absolute atomic E-state index is 0.249. The fraction of sp³-hybridized carbons (Fsp3) is 0.308. The zero-order chi connectivity index (χ0) is 15.1. The monoisotopic (exact) mass is 280 g/mol. The van der Waals surface area contributed by atoms with Crippen molar-refractivity contribution in [2.75, 3.05) is 19.0 Å². The molecule has 1 rings (SSSR count). The van der Waals surface area contributed by atoms with Gasteiger partial charge in [-0.2, -0.15) is 0 Å². The molecule has 0 bridgehead atoms.